The standard InChI is InChI=1S/C19H16N4OS.C14H27NO3/c1-11-7-16(8-12(2)21-11)18-17(23-19(25-18)22-13(3)24)15-6-4-5-14(9-15)10-20;1-6-8-14(7-2)11-15(9-10-17-14)12(16)18-13(3,4)5/h4-9H,1-3H3,(H,22,23,24);6-11H2,1-5H3. The van der Waals surface area contributed by atoms with Gasteiger partial charge in [-0.1, -0.05) is 43.7 Å². The van der Waals surface area contributed by atoms with Gasteiger partial charge in [0.2, 0.25) is 5.91 Å². The number of carbonyl (C=O) groups excluding carboxylic acids is 2. The lowest BCUT2D eigenvalue weighted by Gasteiger charge is -2.42. The zero-order chi connectivity index (χ0) is 31.8. The van der Waals surface area contributed by atoms with Crippen LogP contribution in [0.2, 0.25) is 0 Å². The largest absolute Gasteiger partial charge is 0.444 e. The van der Waals surface area contributed by atoms with E-state index in [9.17, 15) is 9.59 Å². The number of nitrogens with zero attached hydrogens (tertiary/aromatic N) is 4. The van der Waals surface area contributed by atoms with E-state index >= 15 is 0 Å². The average Bonchev–Trinajstić information content (AvgIpc) is 3.35. The molecule has 4 rings (SSSR count). The van der Waals surface area contributed by atoms with Crippen LogP contribution in [0.3, 0.4) is 0 Å². The summed E-state index contributed by atoms with van der Waals surface area (Å²) in [5.41, 5.74) is 4.38. The van der Waals surface area contributed by atoms with E-state index in [1.807, 2.05) is 58.9 Å². The Morgan fingerprint density at radius 3 is 2.42 bits per heavy atom. The molecule has 9 nitrogen and oxygen atoms in total. The predicted molar refractivity (Wildman–Crippen MR) is 171 cm³/mol. The lowest BCUT2D eigenvalue weighted by atomic mass is 9.93. The number of aromatic nitrogens is 2. The van der Waals surface area contributed by atoms with Crippen LogP contribution in [0, 0.1) is 25.2 Å². The van der Waals surface area contributed by atoms with E-state index in [1.165, 1.54) is 18.3 Å². The highest BCUT2D eigenvalue weighted by Crippen LogP contribution is 2.39. The van der Waals surface area contributed by atoms with Crippen molar-refractivity contribution in [1.29, 1.82) is 5.26 Å². The van der Waals surface area contributed by atoms with Crippen molar-refractivity contribution in [2.75, 3.05) is 25.0 Å². The molecule has 2 amide bonds. The zero-order valence-corrected chi connectivity index (χ0v) is 27.4. The highest BCUT2D eigenvalue weighted by molar-refractivity contribution is 7.19. The molecule has 0 bridgehead atoms. The molecule has 1 atom stereocenters. The van der Waals surface area contributed by atoms with Gasteiger partial charge in [-0.15, -0.1) is 0 Å². The molecule has 10 heteroatoms. The number of anilines is 1. The molecule has 1 N–H and O–H groups in total. The van der Waals surface area contributed by atoms with Crippen LogP contribution in [-0.2, 0) is 14.3 Å². The first-order chi connectivity index (χ1) is 20.3. The van der Waals surface area contributed by atoms with Crippen molar-refractivity contribution < 1.29 is 19.1 Å². The molecule has 2 aromatic heterocycles. The number of morpholine rings is 1. The molecule has 0 saturated carbocycles. The number of hydrogen-bond donors (Lipinski definition) is 1. The quantitative estimate of drug-likeness (QED) is 0.309. The van der Waals surface area contributed by atoms with E-state index < -0.39 is 5.60 Å². The zero-order valence-electron chi connectivity index (χ0n) is 26.5. The van der Waals surface area contributed by atoms with Crippen molar-refractivity contribution in [3.8, 4) is 27.8 Å². The molecule has 1 fully saturated rings. The minimum Gasteiger partial charge on any atom is -0.444 e. The number of amides is 2. The fraction of sp³-hybridized carbons (Fsp3) is 0.485. The molecule has 0 radical (unpaired) electrons. The number of pyridine rings is 1. The minimum absolute atomic E-state index is 0.167. The Balaban J connectivity index is 0.000000250. The summed E-state index contributed by atoms with van der Waals surface area (Å²) in [6.45, 7) is 17.2. The van der Waals surface area contributed by atoms with E-state index in [2.05, 4.69) is 35.2 Å². The number of thiazole rings is 1. The van der Waals surface area contributed by atoms with Crippen LogP contribution in [-0.4, -0.2) is 57.8 Å². The van der Waals surface area contributed by atoms with Crippen molar-refractivity contribution in [2.24, 2.45) is 0 Å². The molecule has 1 saturated heterocycles. The van der Waals surface area contributed by atoms with Crippen LogP contribution in [0.4, 0.5) is 9.93 Å². The van der Waals surface area contributed by atoms with Gasteiger partial charge in [-0.2, -0.15) is 5.26 Å². The second-order valence-electron chi connectivity index (χ2n) is 11.7. The van der Waals surface area contributed by atoms with Crippen LogP contribution >= 0.6 is 11.3 Å². The molecule has 1 aliphatic rings. The molecule has 43 heavy (non-hydrogen) atoms. The Morgan fingerprint density at radius 1 is 1.14 bits per heavy atom. The van der Waals surface area contributed by atoms with Gasteiger partial charge in [-0.05, 0) is 77.3 Å². The summed E-state index contributed by atoms with van der Waals surface area (Å²) in [7, 11) is 0. The second kappa shape index (κ2) is 14.6. The molecule has 0 aliphatic carbocycles. The third-order valence-corrected chi connectivity index (χ3v) is 7.79. The number of ether oxygens (including phenoxy) is 2. The smallest absolute Gasteiger partial charge is 0.410 e. The normalized spacial score (nSPS) is 16.5. The Morgan fingerprint density at radius 2 is 1.84 bits per heavy atom. The number of rotatable bonds is 6. The van der Waals surface area contributed by atoms with Crippen LogP contribution in [0.25, 0.3) is 21.7 Å². The van der Waals surface area contributed by atoms with Gasteiger partial charge in [0.1, 0.15) is 5.60 Å². The highest BCUT2D eigenvalue weighted by Gasteiger charge is 2.37. The summed E-state index contributed by atoms with van der Waals surface area (Å²) in [5.74, 6) is -0.167. The van der Waals surface area contributed by atoms with Gasteiger partial charge in [0.25, 0.3) is 0 Å². The average molecular weight is 606 g/mol. The Labute approximate surface area is 259 Å². The summed E-state index contributed by atoms with van der Waals surface area (Å²) < 4.78 is 11.3. The van der Waals surface area contributed by atoms with Crippen LogP contribution in [0.15, 0.2) is 36.4 Å². The van der Waals surface area contributed by atoms with Crippen molar-refractivity contribution >= 4 is 28.5 Å². The molecule has 1 unspecified atom stereocenters. The molecule has 1 aromatic carbocycles. The van der Waals surface area contributed by atoms with Gasteiger partial charge >= 0.3 is 6.09 Å². The van der Waals surface area contributed by atoms with Gasteiger partial charge in [0.05, 0.1) is 41.0 Å². The number of aryl methyl sites for hydroxylation is 2. The Kier molecular flexibility index (Phi) is 11.4. The summed E-state index contributed by atoms with van der Waals surface area (Å²) in [5, 5.41) is 12.4. The molecule has 3 aromatic rings. The molecule has 1 aliphatic heterocycles. The van der Waals surface area contributed by atoms with Crippen molar-refractivity contribution in [3.05, 3.63) is 53.3 Å². The van der Waals surface area contributed by atoms with E-state index in [4.69, 9.17) is 14.7 Å². The van der Waals surface area contributed by atoms with Gasteiger partial charge in [0.15, 0.2) is 5.13 Å². The van der Waals surface area contributed by atoms with Gasteiger partial charge in [-0.25, -0.2) is 9.78 Å². The fourth-order valence-corrected chi connectivity index (χ4v) is 5.96. The number of nitrogens with one attached hydrogen (secondary N) is 1. The van der Waals surface area contributed by atoms with Crippen molar-refractivity contribution in [2.45, 2.75) is 85.9 Å². The SMILES string of the molecule is CC(=O)Nc1nc(-c2cccc(C#N)c2)c(-c2cc(C)nc(C)c2)s1.CCCC1(CC)CN(C(=O)OC(C)(C)C)CCO1. The first-order valence-electron chi connectivity index (χ1n) is 14.6. The molecule has 230 valence electrons. The lowest BCUT2D eigenvalue weighted by Crippen LogP contribution is -2.54. The topological polar surface area (TPSA) is 117 Å². The monoisotopic (exact) mass is 605 g/mol. The Bertz CT molecular complexity index is 1450. The van der Waals surface area contributed by atoms with Gasteiger partial charge in [0, 0.05) is 30.4 Å². The van der Waals surface area contributed by atoms with Gasteiger partial charge < -0.3 is 19.7 Å². The maximum Gasteiger partial charge on any atom is 0.410 e. The van der Waals surface area contributed by atoms with Crippen LogP contribution in [0.1, 0.15) is 77.8 Å². The lowest BCUT2D eigenvalue weighted by molar-refractivity contribution is -0.114. The first-order valence-corrected chi connectivity index (χ1v) is 15.5. The third kappa shape index (κ3) is 9.60. The molecular formula is C33H43N5O4S. The van der Waals surface area contributed by atoms with Gasteiger partial charge in [-0.3, -0.25) is 9.78 Å². The predicted octanol–water partition coefficient (Wildman–Crippen LogP) is 7.52. The summed E-state index contributed by atoms with van der Waals surface area (Å²) in [4.78, 5) is 35.2. The fourth-order valence-electron chi connectivity index (χ4n) is 4.94. The van der Waals surface area contributed by atoms with Crippen LogP contribution < -0.4 is 5.32 Å². The van der Waals surface area contributed by atoms with Crippen molar-refractivity contribution in [1.82, 2.24) is 14.9 Å². The minimum atomic E-state index is -0.435. The highest BCUT2D eigenvalue weighted by atomic mass is 32.1. The maximum absolute atomic E-state index is 12.1. The number of nitriles is 1. The number of benzene rings is 1. The van der Waals surface area contributed by atoms with Crippen molar-refractivity contribution in [3.63, 3.8) is 0 Å². The molecule has 3 heterocycles. The summed E-state index contributed by atoms with van der Waals surface area (Å²) in [6.07, 6.45) is 2.76. The third-order valence-electron chi connectivity index (χ3n) is 6.77. The maximum atomic E-state index is 12.1. The Hall–Kier alpha value is -3.81. The first kappa shape index (κ1) is 33.7. The summed E-state index contributed by atoms with van der Waals surface area (Å²) in [6, 6.07) is 13.4. The molecular weight excluding hydrogens is 562 g/mol. The van der Waals surface area contributed by atoms with E-state index in [-0.39, 0.29) is 17.6 Å². The van der Waals surface area contributed by atoms with Crippen LogP contribution in [0.5, 0.6) is 0 Å². The van der Waals surface area contributed by atoms with E-state index in [1.54, 1.807) is 17.0 Å². The second-order valence-corrected chi connectivity index (χ2v) is 12.7. The van der Waals surface area contributed by atoms with E-state index in [0.717, 1.165) is 52.3 Å². The summed E-state index contributed by atoms with van der Waals surface area (Å²) >= 11 is 1.41. The molecule has 0 spiro atoms. The number of hydrogen-bond acceptors (Lipinski definition) is 8. The van der Waals surface area contributed by atoms with E-state index in [0.29, 0.717) is 30.4 Å². The number of carbonyl (C=O) groups is 2.